The Bertz CT molecular complexity index is 646. The summed E-state index contributed by atoms with van der Waals surface area (Å²) in [6.07, 6.45) is 1.06. The molecule has 0 bridgehead atoms. The predicted molar refractivity (Wildman–Crippen MR) is 85.4 cm³/mol. The van der Waals surface area contributed by atoms with Crippen LogP contribution in [0.5, 0.6) is 0 Å². The number of rotatable bonds is 4. The Hall–Kier alpha value is -1.79. The van der Waals surface area contributed by atoms with Gasteiger partial charge in [-0.25, -0.2) is 0 Å². The molecule has 1 aliphatic heterocycles. The van der Waals surface area contributed by atoms with Crippen molar-refractivity contribution in [3.8, 4) is 0 Å². The molecule has 0 saturated carbocycles. The van der Waals surface area contributed by atoms with Crippen LogP contribution in [0.25, 0.3) is 0 Å². The average Bonchev–Trinajstić information content (AvgIpc) is 2.87. The maximum Gasteiger partial charge on any atom is 0.246 e. The lowest BCUT2D eigenvalue weighted by Gasteiger charge is -2.24. The molecule has 0 atom stereocenters. The van der Waals surface area contributed by atoms with Crippen LogP contribution in [-0.2, 0) is 17.9 Å². The van der Waals surface area contributed by atoms with E-state index in [1.54, 1.807) is 7.11 Å². The monoisotopic (exact) mass is 322 g/mol. The third-order valence-corrected chi connectivity index (χ3v) is 3.96. The van der Waals surface area contributed by atoms with Gasteiger partial charge in [0.1, 0.15) is 6.61 Å². The fraction of sp³-hybridized carbons (Fsp3) is 0.467. The Morgan fingerprint density at radius 2 is 2.18 bits per heavy atom. The molecular formula is C15H19ClN4O2. The van der Waals surface area contributed by atoms with E-state index >= 15 is 0 Å². The molecular weight excluding hydrogens is 304 g/mol. The Labute approximate surface area is 134 Å². The van der Waals surface area contributed by atoms with Crippen LogP contribution in [0.1, 0.15) is 18.1 Å². The fourth-order valence-corrected chi connectivity index (χ4v) is 2.85. The van der Waals surface area contributed by atoms with Crippen LogP contribution in [-0.4, -0.2) is 37.4 Å². The maximum absolute atomic E-state index is 6.18. The van der Waals surface area contributed by atoms with E-state index in [4.69, 9.17) is 20.9 Å². The molecule has 0 saturated heterocycles. The SMILES string of the molecule is COCc1noc(CN2CCCN(C)c3ccc(Cl)cc32)n1. The number of benzene rings is 1. The van der Waals surface area contributed by atoms with Crippen molar-refractivity contribution < 1.29 is 9.26 Å². The highest BCUT2D eigenvalue weighted by Gasteiger charge is 2.21. The summed E-state index contributed by atoms with van der Waals surface area (Å²) in [5.41, 5.74) is 2.26. The first-order valence-electron chi connectivity index (χ1n) is 7.23. The summed E-state index contributed by atoms with van der Waals surface area (Å²) < 4.78 is 10.3. The summed E-state index contributed by atoms with van der Waals surface area (Å²) in [7, 11) is 3.71. The minimum absolute atomic E-state index is 0.356. The Morgan fingerprint density at radius 3 is 3.00 bits per heavy atom. The average molecular weight is 323 g/mol. The summed E-state index contributed by atoms with van der Waals surface area (Å²) >= 11 is 6.18. The van der Waals surface area contributed by atoms with Gasteiger partial charge in [-0.3, -0.25) is 0 Å². The standard InChI is InChI=1S/C15H19ClN4O2/c1-19-6-3-7-20(13-8-11(16)4-5-12(13)19)9-15-17-14(10-21-2)18-22-15/h4-5,8H,3,6-7,9-10H2,1-2H3. The lowest BCUT2D eigenvalue weighted by molar-refractivity contribution is 0.174. The van der Waals surface area contributed by atoms with Gasteiger partial charge in [0.2, 0.25) is 5.89 Å². The molecule has 6 nitrogen and oxygen atoms in total. The zero-order valence-corrected chi connectivity index (χ0v) is 13.5. The highest BCUT2D eigenvalue weighted by atomic mass is 35.5. The molecule has 0 amide bonds. The molecule has 2 aromatic rings. The second-order valence-electron chi connectivity index (χ2n) is 5.37. The number of halogens is 1. The third kappa shape index (κ3) is 3.18. The number of aromatic nitrogens is 2. The molecule has 2 heterocycles. The largest absolute Gasteiger partial charge is 0.377 e. The van der Waals surface area contributed by atoms with Gasteiger partial charge in [-0.1, -0.05) is 16.8 Å². The van der Waals surface area contributed by atoms with Crippen LogP contribution in [0.2, 0.25) is 5.02 Å². The van der Waals surface area contributed by atoms with E-state index in [-0.39, 0.29) is 0 Å². The van der Waals surface area contributed by atoms with Gasteiger partial charge >= 0.3 is 0 Å². The Morgan fingerprint density at radius 1 is 1.32 bits per heavy atom. The number of fused-ring (bicyclic) bond motifs is 1. The Balaban J connectivity index is 1.86. The molecule has 0 N–H and O–H groups in total. The van der Waals surface area contributed by atoms with E-state index in [1.165, 1.54) is 5.69 Å². The van der Waals surface area contributed by atoms with Gasteiger partial charge in [-0.05, 0) is 24.6 Å². The van der Waals surface area contributed by atoms with Crippen molar-refractivity contribution in [1.82, 2.24) is 10.1 Å². The van der Waals surface area contributed by atoms with Gasteiger partial charge in [0.05, 0.1) is 17.9 Å². The molecule has 0 spiro atoms. The molecule has 0 radical (unpaired) electrons. The lowest BCUT2D eigenvalue weighted by Crippen LogP contribution is -2.23. The highest BCUT2D eigenvalue weighted by Crippen LogP contribution is 2.34. The van der Waals surface area contributed by atoms with Crippen molar-refractivity contribution in [3.63, 3.8) is 0 Å². The molecule has 1 aliphatic rings. The smallest absolute Gasteiger partial charge is 0.246 e. The van der Waals surface area contributed by atoms with E-state index in [0.29, 0.717) is 24.9 Å². The molecule has 3 rings (SSSR count). The van der Waals surface area contributed by atoms with Gasteiger partial charge in [0.25, 0.3) is 0 Å². The van der Waals surface area contributed by atoms with Crippen molar-refractivity contribution in [3.05, 3.63) is 34.9 Å². The van der Waals surface area contributed by atoms with E-state index in [2.05, 4.69) is 33.1 Å². The van der Waals surface area contributed by atoms with Crippen molar-refractivity contribution in [2.45, 2.75) is 19.6 Å². The molecule has 7 heteroatoms. The summed E-state index contributed by atoms with van der Waals surface area (Å²) in [4.78, 5) is 8.82. The molecule has 1 aromatic carbocycles. The zero-order valence-electron chi connectivity index (χ0n) is 12.8. The van der Waals surface area contributed by atoms with Crippen LogP contribution >= 0.6 is 11.6 Å². The van der Waals surface area contributed by atoms with E-state index < -0.39 is 0 Å². The molecule has 0 fully saturated rings. The summed E-state index contributed by atoms with van der Waals surface area (Å²) in [6.45, 7) is 2.84. The normalized spacial score (nSPS) is 14.9. The van der Waals surface area contributed by atoms with Gasteiger partial charge in [-0.2, -0.15) is 4.98 Å². The second-order valence-corrected chi connectivity index (χ2v) is 5.80. The first-order valence-corrected chi connectivity index (χ1v) is 7.61. The lowest BCUT2D eigenvalue weighted by atomic mass is 10.2. The van der Waals surface area contributed by atoms with Crippen molar-refractivity contribution in [1.29, 1.82) is 0 Å². The second kappa shape index (κ2) is 6.54. The zero-order chi connectivity index (χ0) is 15.5. The number of ether oxygens (including phenoxy) is 1. The predicted octanol–water partition coefficient (Wildman–Crippen LogP) is 2.72. The van der Waals surface area contributed by atoms with Crippen LogP contribution in [0, 0.1) is 0 Å². The van der Waals surface area contributed by atoms with Crippen molar-refractivity contribution >= 4 is 23.0 Å². The van der Waals surface area contributed by atoms with Gasteiger partial charge in [0, 0.05) is 32.3 Å². The first-order chi connectivity index (χ1) is 10.7. The summed E-state index contributed by atoms with van der Waals surface area (Å²) in [5.74, 6) is 1.15. The number of nitrogens with zero attached hydrogens (tertiary/aromatic N) is 4. The third-order valence-electron chi connectivity index (χ3n) is 3.72. The molecule has 22 heavy (non-hydrogen) atoms. The molecule has 1 aromatic heterocycles. The first kappa shape index (κ1) is 15.1. The molecule has 118 valence electrons. The minimum atomic E-state index is 0.356. The van der Waals surface area contributed by atoms with Crippen molar-refractivity contribution in [2.24, 2.45) is 0 Å². The quantitative estimate of drug-likeness (QED) is 0.862. The highest BCUT2D eigenvalue weighted by molar-refractivity contribution is 6.31. The Kier molecular flexibility index (Phi) is 4.49. The van der Waals surface area contributed by atoms with Crippen LogP contribution in [0.3, 0.4) is 0 Å². The van der Waals surface area contributed by atoms with E-state index in [1.807, 2.05) is 12.1 Å². The van der Waals surface area contributed by atoms with Crippen LogP contribution in [0.4, 0.5) is 11.4 Å². The van der Waals surface area contributed by atoms with Gasteiger partial charge < -0.3 is 19.1 Å². The molecule has 0 unspecified atom stereocenters. The minimum Gasteiger partial charge on any atom is -0.377 e. The summed E-state index contributed by atoms with van der Waals surface area (Å²) in [5, 5.41) is 4.64. The maximum atomic E-state index is 6.18. The number of methoxy groups -OCH3 is 1. The van der Waals surface area contributed by atoms with Crippen molar-refractivity contribution in [2.75, 3.05) is 37.0 Å². The van der Waals surface area contributed by atoms with Crippen LogP contribution in [0.15, 0.2) is 22.7 Å². The van der Waals surface area contributed by atoms with E-state index in [9.17, 15) is 0 Å². The van der Waals surface area contributed by atoms with Gasteiger partial charge in [0.15, 0.2) is 5.82 Å². The number of hydrogen-bond donors (Lipinski definition) is 0. The number of anilines is 2. The molecule has 0 aliphatic carbocycles. The van der Waals surface area contributed by atoms with E-state index in [0.717, 1.165) is 30.2 Å². The fourth-order valence-electron chi connectivity index (χ4n) is 2.68. The van der Waals surface area contributed by atoms with Gasteiger partial charge in [-0.15, -0.1) is 0 Å². The summed E-state index contributed by atoms with van der Waals surface area (Å²) in [6, 6.07) is 5.97. The topological polar surface area (TPSA) is 54.6 Å². The van der Waals surface area contributed by atoms with Crippen LogP contribution < -0.4 is 9.80 Å². The number of hydrogen-bond acceptors (Lipinski definition) is 6.